The van der Waals surface area contributed by atoms with E-state index in [4.69, 9.17) is 0 Å². The van der Waals surface area contributed by atoms with Crippen molar-refractivity contribution in [1.29, 1.82) is 0 Å². The highest BCUT2D eigenvalue weighted by molar-refractivity contribution is 5.97. The molecule has 0 unspecified atom stereocenters. The SMILES string of the molecule is O=C(CCC(=O)c1ccccc1)NCCCCN1CCCC1. The Kier molecular flexibility index (Phi) is 7.10. The van der Waals surface area contributed by atoms with Gasteiger partial charge in [0.15, 0.2) is 5.78 Å². The van der Waals surface area contributed by atoms with Crippen LogP contribution in [0, 0.1) is 0 Å². The van der Waals surface area contributed by atoms with Gasteiger partial charge in [-0.3, -0.25) is 9.59 Å². The predicted molar refractivity (Wildman–Crippen MR) is 87.9 cm³/mol. The first-order valence-electron chi connectivity index (χ1n) is 8.33. The summed E-state index contributed by atoms with van der Waals surface area (Å²) >= 11 is 0. The Morgan fingerprint density at radius 3 is 2.45 bits per heavy atom. The molecule has 1 aromatic rings. The van der Waals surface area contributed by atoms with E-state index < -0.39 is 0 Å². The Morgan fingerprint density at radius 1 is 1.00 bits per heavy atom. The summed E-state index contributed by atoms with van der Waals surface area (Å²) in [4.78, 5) is 26.1. The fraction of sp³-hybridized carbons (Fsp3) is 0.556. The topological polar surface area (TPSA) is 49.4 Å². The molecule has 0 saturated carbocycles. The van der Waals surface area contributed by atoms with Gasteiger partial charge < -0.3 is 10.2 Å². The van der Waals surface area contributed by atoms with Gasteiger partial charge in [0.1, 0.15) is 0 Å². The fourth-order valence-corrected chi connectivity index (χ4v) is 2.78. The van der Waals surface area contributed by atoms with Gasteiger partial charge in [-0.15, -0.1) is 0 Å². The molecule has 0 atom stereocenters. The molecule has 1 aliphatic rings. The van der Waals surface area contributed by atoms with E-state index in [1.807, 2.05) is 18.2 Å². The molecule has 1 amide bonds. The highest BCUT2D eigenvalue weighted by atomic mass is 16.2. The van der Waals surface area contributed by atoms with Gasteiger partial charge in [-0.25, -0.2) is 0 Å². The second-order valence-corrected chi connectivity index (χ2v) is 5.90. The third-order valence-corrected chi connectivity index (χ3v) is 4.10. The average Bonchev–Trinajstić information content (AvgIpc) is 3.06. The second kappa shape index (κ2) is 9.36. The van der Waals surface area contributed by atoms with Crippen LogP contribution in [-0.2, 0) is 4.79 Å². The van der Waals surface area contributed by atoms with Crippen molar-refractivity contribution in [1.82, 2.24) is 10.2 Å². The third kappa shape index (κ3) is 5.98. The van der Waals surface area contributed by atoms with Crippen LogP contribution >= 0.6 is 0 Å². The molecule has 4 heteroatoms. The zero-order chi connectivity index (χ0) is 15.6. The number of ketones is 1. The van der Waals surface area contributed by atoms with E-state index in [1.165, 1.54) is 25.9 Å². The Labute approximate surface area is 132 Å². The van der Waals surface area contributed by atoms with Crippen molar-refractivity contribution < 1.29 is 9.59 Å². The van der Waals surface area contributed by atoms with Crippen molar-refractivity contribution in [2.75, 3.05) is 26.2 Å². The van der Waals surface area contributed by atoms with Gasteiger partial charge in [-0.1, -0.05) is 30.3 Å². The number of hydrogen-bond acceptors (Lipinski definition) is 3. The van der Waals surface area contributed by atoms with Crippen LogP contribution in [0.2, 0.25) is 0 Å². The molecule has 1 N–H and O–H groups in total. The van der Waals surface area contributed by atoms with Crippen molar-refractivity contribution in [2.45, 2.75) is 38.5 Å². The maximum Gasteiger partial charge on any atom is 0.220 e. The van der Waals surface area contributed by atoms with Gasteiger partial charge in [-0.2, -0.15) is 0 Å². The van der Waals surface area contributed by atoms with Gasteiger partial charge in [0.05, 0.1) is 0 Å². The lowest BCUT2D eigenvalue weighted by molar-refractivity contribution is -0.121. The minimum atomic E-state index is -0.0227. The first-order chi connectivity index (χ1) is 10.8. The maximum absolute atomic E-state index is 11.9. The molecule has 0 aromatic heterocycles. The Morgan fingerprint density at radius 2 is 1.73 bits per heavy atom. The van der Waals surface area contributed by atoms with Crippen LogP contribution in [0.5, 0.6) is 0 Å². The van der Waals surface area contributed by atoms with Crippen LogP contribution in [0.25, 0.3) is 0 Å². The monoisotopic (exact) mass is 302 g/mol. The number of rotatable bonds is 9. The molecular weight excluding hydrogens is 276 g/mol. The number of Topliss-reactive ketones (excluding diaryl/α,β-unsaturated/α-hetero) is 1. The number of benzene rings is 1. The lowest BCUT2D eigenvalue weighted by atomic mass is 10.1. The van der Waals surface area contributed by atoms with E-state index in [1.54, 1.807) is 12.1 Å². The summed E-state index contributed by atoms with van der Waals surface area (Å²) in [6.45, 7) is 4.32. The third-order valence-electron chi connectivity index (χ3n) is 4.10. The number of carbonyl (C=O) groups excluding carboxylic acids is 2. The minimum absolute atomic E-state index is 0.0227. The van der Waals surface area contributed by atoms with Crippen LogP contribution in [-0.4, -0.2) is 42.8 Å². The Balaban J connectivity index is 1.51. The molecule has 0 aliphatic carbocycles. The van der Waals surface area contributed by atoms with Crippen molar-refractivity contribution in [3.63, 3.8) is 0 Å². The molecule has 22 heavy (non-hydrogen) atoms. The zero-order valence-corrected chi connectivity index (χ0v) is 13.2. The van der Waals surface area contributed by atoms with E-state index >= 15 is 0 Å². The fourth-order valence-electron chi connectivity index (χ4n) is 2.78. The van der Waals surface area contributed by atoms with Gasteiger partial charge in [0, 0.05) is 24.9 Å². The quantitative estimate of drug-likeness (QED) is 0.563. The molecule has 2 rings (SSSR count). The van der Waals surface area contributed by atoms with E-state index in [0.717, 1.165) is 19.4 Å². The lowest BCUT2D eigenvalue weighted by Gasteiger charge is -2.13. The molecule has 1 aromatic carbocycles. The number of likely N-dealkylation sites (tertiary alicyclic amines) is 1. The number of amides is 1. The summed E-state index contributed by atoms with van der Waals surface area (Å²) in [6.07, 6.45) is 5.35. The Hall–Kier alpha value is -1.68. The number of carbonyl (C=O) groups is 2. The first-order valence-corrected chi connectivity index (χ1v) is 8.33. The number of nitrogens with zero attached hydrogens (tertiary/aromatic N) is 1. The highest BCUT2D eigenvalue weighted by Crippen LogP contribution is 2.08. The van der Waals surface area contributed by atoms with Crippen molar-refractivity contribution >= 4 is 11.7 Å². The molecule has 120 valence electrons. The summed E-state index contributed by atoms with van der Waals surface area (Å²) < 4.78 is 0. The molecule has 0 spiro atoms. The van der Waals surface area contributed by atoms with Crippen molar-refractivity contribution in [2.24, 2.45) is 0 Å². The van der Waals surface area contributed by atoms with Crippen LogP contribution in [0.4, 0.5) is 0 Å². The summed E-state index contributed by atoms with van der Waals surface area (Å²) in [6, 6.07) is 9.14. The minimum Gasteiger partial charge on any atom is -0.356 e. The number of nitrogens with one attached hydrogen (secondary N) is 1. The number of unbranched alkanes of at least 4 members (excludes halogenated alkanes) is 1. The predicted octanol–water partition coefficient (Wildman–Crippen LogP) is 2.64. The molecule has 0 radical (unpaired) electrons. The molecule has 1 fully saturated rings. The highest BCUT2D eigenvalue weighted by Gasteiger charge is 2.11. The molecule has 1 heterocycles. The summed E-state index contributed by atoms with van der Waals surface area (Å²) in [5.74, 6) is 0.00948. The maximum atomic E-state index is 11.9. The number of hydrogen-bond donors (Lipinski definition) is 1. The smallest absolute Gasteiger partial charge is 0.220 e. The van der Waals surface area contributed by atoms with Crippen LogP contribution in [0.15, 0.2) is 30.3 Å². The molecule has 1 aliphatic heterocycles. The normalized spacial score (nSPS) is 14.9. The van der Waals surface area contributed by atoms with E-state index in [-0.39, 0.29) is 24.5 Å². The molecular formula is C18H26N2O2. The van der Waals surface area contributed by atoms with Crippen LogP contribution in [0.3, 0.4) is 0 Å². The van der Waals surface area contributed by atoms with Crippen LogP contribution < -0.4 is 5.32 Å². The summed E-state index contributed by atoms with van der Waals surface area (Å²) in [7, 11) is 0. The van der Waals surface area contributed by atoms with Crippen molar-refractivity contribution in [3.8, 4) is 0 Å². The lowest BCUT2D eigenvalue weighted by Crippen LogP contribution is -2.26. The zero-order valence-electron chi connectivity index (χ0n) is 13.2. The van der Waals surface area contributed by atoms with Gasteiger partial charge in [0.25, 0.3) is 0 Å². The van der Waals surface area contributed by atoms with E-state index in [9.17, 15) is 9.59 Å². The van der Waals surface area contributed by atoms with Gasteiger partial charge in [0.2, 0.25) is 5.91 Å². The second-order valence-electron chi connectivity index (χ2n) is 5.90. The standard InChI is InChI=1S/C18H26N2O2/c21-17(16-8-2-1-3-9-16)10-11-18(22)19-12-4-5-13-20-14-6-7-15-20/h1-3,8-9H,4-7,10-15H2,(H,19,22). The van der Waals surface area contributed by atoms with E-state index in [0.29, 0.717) is 12.1 Å². The molecule has 0 bridgehead atoms. The Bertz CT molecular complexity index is 467. The molecule has 4 nitrogen and oxygen atoms in total. The summed E-state index contributed by atoms with van der Waals surface area (Å²) in [5.41, 5.74) is 0.681. The van der Waals surface area contributed by atoms with Gasteiger partial charge >= 0.3 is 0 Å². The van der Waals surface area contributed by atoms with Gasteiger partial charge in [-0.05, 0) is 45.3 Å². The van der Waals surface area contributed by atoms with Crippen molar-refractivity contribution in [3.05, 3.63) is 35.9 Å². The summed E-state index contributed by atoms with van der Waals surface area (Å²) in [5, 5.41) is 2.91. The van der Waals surface area contributed by atoms with E-state index in [2.05, 4.69) is 10.2 Å². The average molecular weight is 302 g/mol. The van der Waals surface area contributed by atoms with Crippen LogP contribution in [0.1, 0.15) is 48.9 Å². The largest absolute Gasteiger partial charge is 0.356 e. The first kappa shape index (κ1) is 16.7. The molecule has 1 saturated heterocycles.